The van der Waals surface area contributed by atoms with Crippen molar-refractivity contribution < 1.29 is 14.2 Å². The van der Waals surface area contributed by atoms with Crippen LogP contribution >= 0.6 is 23.1 Å². The zero-order valence-corrected chi connectivity index (χ0v) is 21.1. The maximum atomic E-state index is 5.47. The van der Waals surface area contributed by atoms with Gasteiger partial charge in [-0.15, -0.1) is 21.5 Å². The highest BCUT2D eigenvalue weighted by atomic mass is 32.2. The number of benzene rings is 1. The summed E-state index contributed by atoms with van der Waals surface area (Å²) < 4.78 is 18.2. The molecule has 0 unspecified atom stereocenters. The minimum absolute atomic E-state index is 0.669. The van der Waals surface area contributed by atoms with Gasteiger partial charge in [0.25, 0.3) is 0 Å². The highest BCUT2D eigenvalue weighted by Crippen LogP contribution is 2.33. The highest BCUT2D eigenvalue weighted by molar-refractivity contribution is 7.98. The Morgan fingerprint density at radius 2 is 1.91 bits per heavy atom. The van der Waals surface area contributed by atoms with Crippen molar-refractivity contribution >= 4 is 23.1 Å². The van der Waals surface area contributed by atoms with Gasteiger partial charge in [0.1, 0.15) is 0 Å². The van der Waals surface area contributed by atoms with Crippen LogP contribution < -0.4 is 9.47 Å². The molecule has 7 nitrogen and oxygen atoms in total. The van der Waals surface area contributed by atoms with Crippen molar-refractivity contribution in [3.63, 3.8) is 0 Å². The second kappa shape index (κ2) is 12.2. The molecule has 0 saturated heterocycles. The maximum absolute atomic E-state index is 5.47. The molecule has 0 radical (unpaired) electrons. The van der Waals surface area contributed by atoms with Crippen molar-refractivity contribution in [2.45, 2.75) is 50.6 Å². The summed E-state index contributed by atoms with van der Waals surface area (Å²) in [6.45, 7) is 5.94. The van der Waals surface area contributed by atoms with E-state index in [1.54, 1.807) is 44.4 Å². The van der Waals surface area contributed by atoms with Crippen molar-refractivity contribution in [2.75, 3.05) is 27.9 Å². The van der Waals surface area contributed by atoms with Crippen LogP contribution in [0.2, 0.25) is 0 Å². The Morgan fingerprint density at radius 3 is 2.62 bits per heavy atom. The van der Waals surface area contributed by atoms with Crippen LogP contribution in [0.15, 0.2) is 28.7 Å². The molecule has 32 heavy (non-hydrogen) atoms. The summed E-state index contributed by atoms with van der Waals surface area (Å²) in [5.41, 5.74) is 2.03. The fourth-order valence-corrected chi connectivity index (χ4v) is 5.01. The van der Waals surface area contributed by atoms with Gasteiger partial charge in [0, 0.05) is 37.0 Å². The third kappa shape index (κ3) is 6.46. The summed E-state index contributed by atoms with van der Waals surface area (Å²) >= 11 is 3.41. The molecule has 0 aliphatic carbocycles. The molecule has 0 saturated carbocycles. The van der Waals surface area contributed by atoms with Crippen LogP contribution in [0.1, 0.15) is 37.4 Å². The lowest BCUT2D eigenvalue weighted by atomic mass is 10.1. The van der Waals surface area contributed by atoms with Gasteiger partial charge in [-0.05, 0) is 43.4 Å². The normalized spacial score (nSPS) is 11.3. The SMILES string of the molecule is COCCCn1c(SCc2csc(CCC(C)C)n2)nnc1-c1ccc(OC)c(OC)c1. The van der Waals surface area contributed by atoms with Gasteiger partial charge in [-0.2, -0.15) is 0 Å². The predicted octanol–water partition coefficient (Wildman–Crippen LogP) is 5.34. The van der Waals surface area contributed by atoms with E-state index in [1.165, 1.54) is 11.4 Å². The zero-order valence-electron chi connectivity index (χ0n) is 19.5. The van der Waals surface area contributed by atoms with E-state index >= 15 is 0 Å². The summed E-state index contributed by atoms with van der Waals surface area (Å²) in [6.07, 6.45) is 3.09. The van der Waals surface area contributed by atoms with Crippen LogP contribution in [-0.2, 0) is 23.5 Å². The van der Waals surface area contributed by atoms with E-state index in [1.807, 2.05) is 18.2 Å². The first kappa shape index (κ1) is 24.5. The third-order valence-corrected chi connectivity index (χ3v) is 6.93. The summed E-state index contributed by atoms with van der Waals surface area (Å²) in [5.74, 6) is 3.62. The van der Waals surface area contributed by atoms with Gasteiger partial charge in [-0.25, -0.2) is 4.98 Å². The predicted molar refractivity (Wildman–Crippen MR) is 130 cm³/mol. The van der Waals surface area contributed by atoms with Gasteiger partial charge in [0.15, 0.2) is 22.5 Å². The molecular formula is C23H32N4O3S2. The molecule has 3 rings (SSSR count). The first-order valence-electron chi connectivity index (χ1n) is 10.8. The first-order chi connectivity index (χ1) is 15.5. The minimum atomic E-state index is 0.669. The second-order valence-electron chi connectivity index (χ2n) is 7.83. The molecule has 0 aliphatic rings. The molecule has 0 N–H and O–H groups in total. The molecule has 9 heteroatoms. The molecule has 1 aromatic carbocycles. The third-order valence-electron chi connectivity index (χ3n) is 4.97. The maximum Gasteiger partial charge on any atom is 0.191 e. The van der Waals surface area contributed by atoms with Gasteiger partial charge in [-0.1, -0.05) is 25.6 Å². The molecular weight excluding hydrogens is 444 g/mol. The fraction of sp³-hybridized carbons (Fsp3) is 0.522. The van der Waals surface area contributed by atoms with Gasteiger partial charge in [-0.3, -0.25) is 0 Å². The molecule has 2 heterocycles. The van der Waals surface area contributed by atoms with E-state index in [4.69, 9.17) is 19.2 Å². The number of thioether (sulfide) groups is 1. The monoisotopic (exact) mass is 476 g/mol. The Bertz CT molecular complexity index is 988. The molecule has 3 aromatic rings. The number of methoxy groups -OCH3 is 3. The molecule has 0 aliphatic heterocycles. The summed E-state index contributed by atoms with van der Waals surface area (Å²) in [4.78, 5) is 4.80. The van der Waals surface area contributed by atoms with Crippen LogP contribution in [0, 0.1) is 5.92 Å². The van der Waals surface area contributed by atoms with E-state index in [9.17, 15) is 0 Å². The molecule has 174 valence electrons. The number of ether oxygens (including phenoxy) is 3. The standard InChI is InChI=1S/C23H32N4O3S2/c1-16(2)7-10-21-24-18(14-31-21)15-32-23-26-25-22(27(23)11-6-12-28-3)17-8-9-19(29-4)20(13-17)30-5/h8-9,13-14,16H,6-7,10-12,15H2,1-5H3. The van der Waals surface area contributed by atoms with Crippen molar-refractivity contribution in [2.24, 2.45) is 5.92 Å². The number of rotatable bonds is 13. The lowest BCUT2D eigenvalue weighted by Gasteiger charge is -2.12. The molecule has 0 fully saturated rings. The topological polar surface area (TPSA) is 71.3 Å². The van der Waals surface area contributed by atoms with Gasteiger partial charge >= 0.3 is 0 Å². The van der Waals surface area contributed by atoms with Gasteiger partial charge in [0.05, 0.1) is 24.9 Å². The van der Waals surface area contributed by atoms with E-state index < -0.39 is 0 Å². The Kier molecular flexibility index (Phi) is 9.37. The van der Waals surface area contributed by atoms with Crippen molar-refractivity contribution in [1.29, 1.82) is 0 Å². The van der Waals surface area contributed by atoms with Crippen LogP contribution in [0.4, 0.5) is 0 Å². The molecule has 2 aromatic heterocycles. The average Bonchev–Trinajstić information content (AvgIpc) is 3.42. The van der Waals surface area contributed by atoms with Crippen LogP contribution in [-0.4, -0.2) is 47.7 Å². The van der Waals surface area contributed by atoms with E-state index in [-0.39, 0.29) is 0 Å². The van der Waals surface area contributed by atoms with E-state index in [2.05, 4.69) is 34.0 Å². The first-order valence-corrected chi connectivity index (χ1v) is 12.6. The number of aromatic nitrogens is 4. The van der Waals surface area contributed by atoms with Crippen molar-refractivity contribution in [3.8, 4) is 22.9 Å². The number of hydrogen-bond acceptors (Lipinski definition) is 8. The van der Waals surface area contributed by atoms with Crippen LogP contribution in [0.25, 0.3) is 11.4 Å². The minimum Gasteiger partial charge on any atom is -0.493 e. The molecule has 0 bridgehead atoms. The summed E-state index contributed by atoms with van der Waals surface area (Å²) in [7, 11) is 4.98. The Balaban J connectivity index is 1.78. The molecule has 0 amide bonds. The summed E-state index contributed by atoms with van der Waals surface area (Å²) in [6, 6.07) is 5.81. The Morgan fingerprint density at radius 1 is 1.09 bits per heavy atom. The molecule has 0 spiro atoms. The van der Waals surface area contributed by atoms with Crippen molar-refractivity contribution in [1.82, 2.24) is 19.7 Å². The Labute approximate surface area is 198 Å². The number of hydrogen-bond donors (Lipinski definition) is 0. The smallest absolute Gasteiger partial charge is 0.191 e. The number of nitrogens with zero attached hydrogens (tertiary/aromatic N) is 4. The number of aryl methyl sites for hydroxylation is 1. The van der Waals surface area contributed by atoms with Crippen LogP contribution in [0.3, 0.4) is 0 Å². The fourth-order valence-electron chi connectivity index (χ4n) is 3.23. The van der Waals surface area contributed by atoms with Gasteiger partial charge in [0.2, 0.25) is 0 Å². The highest BCUT2D eigenvalue weighted by Gasteiger charge is 2.17. The Hall–Kier alpha value is -2.10. The number of thiazole rings is 1. The van der Waals surface area contributed by atoms with Crippen LogP contribution in [0.5, 0.6) is 11.5 Å². The lowest BCUT2D eigenvalue weighted by molar-refractivity contribution is 0.189. The average molecular weight is 477 g/mol. The molecule has 0 atom stereocenters. The zero-order chi connectivity index (χ0) is 22.9. The van der Waals surface area contributed by atoms with E-state index in [0.29, 0.717) is 24.0 Å². The quantitative estimate of drug-likeness (QED) is 0.244. The second-order valence-corrected chi connectivity index (χ2v) is 9.71. The lowest BCUT2D eigenvalue weighted by Crippen LogP contribution is -2.05. The van der Waals surface area contributed by atoms with Gasteiger partial charge < -0.3 is 18.8 Å². The summed E-state index contributed by atoms with van der Waals surface area (Å²) in [5, 5.41) is 13.2. The van der Waals surface area contributed by atoms with E-state index in [0.717, 1.165) is 47.4 Å². The van der Waals surface area contributed by atoms with Crippen molar-refractivity contribution in [3.05, 3.63) is 34.3 Å². The largest absolute Gasteiger partial charge is 0.493 e.